The van der Waals surface area contributed by atoms with E-state index in [1.807, 2.05) is 37.6 Å². The number of rotatable bonds is 4. The lowest BCUT2D eigenvalue weighted by atomic mass is 9.96. The van der Waals surface area contributed by atoms with Gasteiger partial charge in [0.1, 0.15) is 17.7 Å². The topological polar surface area (TPSA) is 27.1 Å². The van der Waals surface area contributed by atoms with Gasteiger partial charge in [-0.15, -0.1) is 0 Å². The molecule has 24 heavy (non-hydrogen) atoms. The zero-order chi connectivity index (χ0) is 16.4. The molecule has 0 bridgehead atoms. The van der Waals surface area contributed by atoms with Gasteiger partial charge in [-0.2, -0.15) is 0 Å². The van der Waals surface area contributed by atoms with Crippen molar-refractivity contribution in [2.75, 3.05) is 0 Å². The van der Waals surface area contributed by atoms with Crippen LogP contribution in [0.15, 0.2) is 67.0 Å². The predicted octanol–water partition coefficient (Wildman–Crippen LogP) is 4.35. The van der Waals surface area contributed by atoms with Gasteiger partial charge in [0.15, 0.2) is 0 Å². The third kappa shape index (κ3) is 2.85. The molecule has 0 radical (unpaired) electrons. The van der Waals surface area contributed by atoms with Gasteiger partial charge >= 0.3 is 0 Å². The van der Waals surface area contributed by atoms with Crippen molar-refractivity contribution in [1.29, 1.82) is 0 Å². The fourth-order valence-corrected chi connectivity index (χ4v) is 3.19. The maximum Gasteiger partial charge on any atom is 0.139 e. The van der Waals surface area contributed by atoms with E-state index in [2.05, 4.69) is 52.0 Å². The van der Waals surface area contributed by atoms with Gasteiger partial charge in [0, 0.05) is 30.6 Å². The number of aryl methyl sites for hydroxylation is 2. The summed E-state index contributed by atoms with van der Waals surface area (Å²) in [7, 11) is 2.03. The molecule has 2 aromatic carbocycles. The summed E-state index contributed by atoms with van der Waals surface area (Å²) < 4.78 is 8.38. The Kier molecular flexibility index (Phi) is 3.91. The van der Waals surface area contributed by atoms with E-state index in [1.165, 1.54) is 5.56 Å². The van der Waals surface area contributed by atoms with Crippen LogP contribution in [0.2, 0.25) is 0 Å². The first-order valence-corrected chi connectivity index (χ1v) is 8.30. The van der Waals surface area contributed by atoms with Crippen molar-refractivity contribution < 1.29 is 4.74 Å². The van der Waals surface area contributed by atoms with E-state index in [-0.39, 0.29) is 6.10 Å². The van der Waals surface area contributed by atoms with Crippen molar-refractivity contribution >= 4 is 11.6 Å². The van der Waals surface area contributed by atoms with E-state index >= 15 is 0 Å². The smallest absolute Gasteiger partial charge is 0.139 e. The molecule has 0 saturated heterocycles. The predicted molar refractivity (Wildman–Crippen MR) is 96.7 cm³/mol. The average molecular weight is 316 g/mol. The second-order valence-electron chi connectivity index (χ2n) is 6.13. The standard InChI is InChI=1S/C21H20N2O/c1-23-14-13-22-21(23)18-15-17-9-5-6-10-19(17)24-20(18)12-11-16-7-3-2-4-8-16/h2-10,13-15,20H,11-12H2,1H3. The van der Waals surface area contributed by atoms with Gasteiger partial charge in [-0.1, -0.05) is 48.5 Å². The summed E-state index contributed by atoms with van der Waals surface area (Å²) in [6.07, 6.45) is 7.96. The van der Waals surface area contributed by atoms with Gasteiger partial charge < -0.3 is 9.30 Å². The average Bonchev–Trinajstić information content (AvgIpc) is 3.06. The number of ether oxygens (including phenoxy) is 1. The molecule has 3 aromatic rings. The minimum atomic E-state index is 0.0150. The van der Waals surface area contributed by atoms with Crippen LogP contribution in [-0.4, -0.2) is 15.7 Å². The molecule has 1 aromatic heterocycles. The highest BCUT2D eigenvalue weighted by molar-refractivity contribution is 5.85. The summed E-state index contributed by atoms with van der Waals surface area (Å²) in [6.45, 7) is 0. The van der Waals surface area contributed by atoms with E-state index in [1.54, 1.807) is 0 Å². The lowest BCUT2D eigenvalue weighted by Gasteiger charge is -2.27. The molecule has 3 heteroatoms. The number of para-hydroxylation sites is 1. The normalized spacial score (nSPS) is 16.2. The highest BCUT2D eigenvalue weighted by atomic mass is 16.5. The Balaban J connectivity index is 1.66. The molecule has 1 aliphatic heterocycles. The zero-order valence-electron chi connectivity index (χ0n) is 13.7. The number of nitrogens with zero attached hydrogens (tertiary/aromatic N) is 2. The third-order valence-electron chi connectivity index (χ3n) is 4.46. The number of aromatic nitrogens is 2. The fourth-order valence-electron chi connectivity index (χ4n) is 3.19. The summed E-state index contributed by atoms with van der Waals surface area (Å²) in [4.78, 5) is 4.53. The molecule has 0 N–H and O–H groups in total. The highest BCUT2D eigenvalue weighted by Gasteiger charge is 2.25. The van der Waals surface area contributed by atoms with Crippen LogP contribution >= 0.6 is 0 Å². The number of hydrogen-bond donors (Lipinski definition) is 0. The molecule has 2 heterocycles. The first-order chi connectivity index (χ1) is 11.8. The van der Waals surface area contributed by atoms with Gasteiger partial charge in [-0.3, -0.25) is 0 Å². The number of hydrogen-bond acceptors (Lipinski definition) is 2. The van der Waals surface area contributed by atoms with Crippen LogP contribution in [0.25, 0.3) is 11.6 Å². The maximum absolute atomic E-state index is 6.32. The molecule has 120 valence electrons. The summed E-state index contributed by atoms with van der Waals surface area (Å²) in [5.74, 6) is 1.93. The van der Waals surface area contributed by atoms with Gasteiger partial charge in [-0.05, 0) is 30.5 Å². The Bertz CT molecular complexity index is 864. The van der Waals surface area contributed by atoms with Crippen molar-refractivity contribution in [2.24, 2.45) is 7.05 Å². The van der Waals surface area contributed by atoms with Crippen molar-refractivity contribution in [3.63, 3.8) is 0 Å². The van der Waals surface area contributed by atoms with Crippen LogP contribution in [0.4, 0.5) is 0 Å². The second kappa shape index (κ2) is 6.36. The second-order valence-corrected chi connectivity index (χ2v) is 6.13. The summed E-state index contributed by atoms with van der Waals surface area (Å²) in [5, 5.41) is 0. The minimum absolute atomic E-state index is 0.0150. The highest BCUT2D eigenvalue weighted by Crippen LogP contribution is 2.35. The van der Waals surface area contributed by atoms with E-state index in [0.29, 0.717) is 0 Å². The largest absolute Gasteiger partial charge is 0.485 e. The van der Waals surface area contributed by atoms with Gasteiger partial charge in [-0.25, -0.2) is 4.98 Å². The molecular formula is C21H20N2O. The quantitative estimate of drug-likeness (QED) is 0.715. The van der Waals surface area contributed by atoms with Crippen molar-refractivity contribution in [3.05, 3.63) is 83.9 Å². The van der Waals surface area contributed by atoms with Crippen LogP contribution in [-0.2, 0) is 13.5 Å². The van der Waals surface area contributed by atoms with Gasteiger partial charge in [0.25, 0.3) is 0 Å². The molecule has 0 saturated carbocycles. The molecule has 0 spiro atoms. The lowest BCUT2D eigenvalue weighted by molar-refractivity contribution is 0.243. The monoisotopic (exact) mass is 316 g/mol. The van der Waals surface area contributed by atoms with E-state index in [4.69, 9.17) is 4.74 Å². The van der Waals surface area contributed by atoms with Crippen LogP contribution in [0.3, 0.4) is 0 Å². The summed E-state index contributed by atoms with van der Waals surface area (Å²) >= 11 is 0. The van der Waals surface area contributed by atoms with Crippen molar-refractivity contribution in [3.8, 4) is 5.75 Å². The third-order valence-corrected chi connectivity index (χ3v) is 4.46. The van der Waals surface area contributed by atoms with E-state index in [0.717, 1.165) is 35.6 Å². The Morgan fingerprint density at radius 2 is 1.83 bits per heavy atom. The van der Waals surface area contributed by atoms with E-state index in [9.17, 15) is 0 Å². The van der Waals surface area contributed by atoms with Crippen LogP contribution in [0.5, 0.6) is 5.75 Å². The number of benzene rings is 2. The molecule has 4 rings (SSSR count). The first kappa shape index (κ1) is 14.8. The minimum Gasteiger partial charge on any atom is -0.485 e. The molecule has 1 unspecified atom stereocenters. The summed E-state index contributed by atoms with van der Waals surface area (Å²) in [6, 6.07) is 18.7. The molecule has 0 fully saturated rings. The number of imidazole rings is 1. The Hall–Kier alpha value is -2.81. The maximum atomic E-state index is 6.32. The first-order valence-electron chi connectivity index (χ1n) is 8.30. The van der Waals surface area contributed by atoms with Crippen LogP contribution < -0.4 is 4.74 Å². The van der Waals surface area contributed by atoms with Crippen LogP contribution in [0, 0.1) is 0 Å². The van der Waals surface area contributed by atoms with Crippen molar-refractivity contribution in [2.45, 2.75) is 18.9 Å². The molecule has 0 aliphatic carbocycles. The van der Waals surface area contributed by atoms with Crippen molar-refractivity contribution in [1.82, 2.24) is 9.55 Å². The van der Waals surface area contributed by atoms with Gasteiger partial charge in [0.05, 0.1) is 0 Å². The molecule has 3 nitrogen and oxygen atoms in total. The molecule has 0 amide bonds. The summed E-state index contributed by atoms with van der Waals surface area (Å²) in [5.41, 5.74) is 3.60. The Morgan fingerprint density at radius 1 is 1.04 bits per heavy atom. The van der Waals surface area contributed by atoms with Crippen LogP contribution in [0.1, 0.15) is 23.4 Å². The molecule has 1 aliphatic rings. The van der Waals surface area contributed by atoms with Gasteiger partial charge in [0.2, 0.25) is 0 Å². The molecular weight excluding hydrogens is 296 g/mol. The lowest BCUT2D eigenvalue weighted by Crippen LogP contribution is -2.24. The zero-order valence-corrected chi connectivity index (χ0v) is 13.7. The van der Waals surface area contributed by atoms with E-state index < -0.39 is 0 Å². The Labute approximate surface area is 142 Å². The Morgan fingerprint density at radius 3 is 2.62 bits per heavy atom. The number of fused-ring (bicyclic) bond motifs is 1. The molecule has 1 atom stereocenters. The fraction of sp³-hybridized carbons (Fsp3) is 0.190. The SMILES string of the molecule is Cn1ccnc1C1=Cc2ccccc2OC1CCc1ccccc1.